The molecule has 3 fully saturated rings. The van der Waals surface area contributed by atoms with E-state index in [4.69, 9.17) is 0 Å². The van der Waals surface area contributed by atoms with Crippen molar-refractivity contribution in [3.63, 3.8) is 0 Å². The fraction of sp³-hybridized carbons (Fsp3) is 0.882. The summed E-state index contributed by atoms with van der Waals surface area (Å²) >= 11 is 0. The second-order valence-electron chi connectivity index (χ2n) is 7.29. The van der Waals surface area contributed by atoms with E-state index in [2.05, 4.69) is 5.32 Å². The minimum Gasteiger partial charge on any atom is -0.343 e. The van der Waals surface area contributed by atoms with Crippen LogP contribution < -0.4 is 5.32 Å². The van der Waals surface area contributed by atoms with E-state index in [1.54, 1.807) is 6.92 Å². The third-order valence-corrected chi connectivity index (χ3v) is 5.98. The average Bonchev–Trinajstić information content (AvgIpc) is 2.97. The van der Waals surface area contributed by atoms with Gasteiger partial charge in [-0.25, -0.2) is 0 Å². The molecule has 2 aliphatic heterocycles. The predicted octanol–water partition coefficient (Wildman–Crippen LogP) is 1.38. The number of rotatable bonds is 2. The first-order valence-corrected chi connectivity index (χ1v) is 8.84. The van der Waals surface area contributed by atoms with Crippen LogP contribution >= 0.6 is 0 Å². The Balaban J connectivity index is 1.51. The highest BCUT2D eigenvalue weighted by Gasteiger charge is 2.40. The van der Waals surface area contributed by atoms with Crippen LogP contribution in [0, 0.1) is 5.92 Å². The zero-order valence-corrected chi connectivity index (χ0v) is 13.9. The van der Waals surface area contributed by atoms with Crippen molar-refractivity contribution in [1.82, 2.24) is 15.1 Å². The second-order valence-corrected chi connectivity index (χ2v) is 7.29. The van der Waals surface area contributed by atoms with Crippen molar-refractivity contribution in [2.45, 2.75) is 70.0 Å². The van der Waals surface area contributed by atoms with Gasteiger partial charge in [0.05, 0.1) is 6.04 Å². The highest BCUT2D eigenvalue weighted by Crippen LogP contribution is 2.34. The molecular weight excluding hydrogens is 278 g/mol. The Kier molecular flexibility index (Phi) is 4.71. The largest absolute Gasteiger partial charge is 0.343 e. The molecule has 5 nitrogen and oxygen atoms in total. The Labute approximate surface area is 133 Å². The van der Waals surface area contributed by atoms with E-state index < -0.39 is 0 Å². The standard InChI is InChI=1S/C17H29N3O2/c1-12(21)19(2)14-7-9-20(10-8-14)17(22)16-11-13-5-3-4-6-15(13)18-16/h13-16,18H,3-11H2,1-2H3. The SMILES string of the molecule is CC(=O)N(C)C1CCN(C(=O)C2CC3CCCCC3N2)CC1. The van der Waals surface area contributed by atoms with E-state index in [1.807, 2.05) is 16.8 Å². The molecule has 0 radical (unpaired) electrons. The molecule has 22 heavy (non-hydrogen) atoms. The lowest BCUT2D eigenvalue weighted by molar-refractivity contribution is -0.136. The van der Waals surface area contributed by atoms with E-state index in [0.29, 0.717) is 23.9 Å². The molecule has 3 unspecified atom stereocenters. The lowest BCUT2D eigenvalue weighted by Gasteiger charge is -2.37. The van der Waals surface area contributed by atoms with Gasteiger partial charge in [0.15, 0.2) is 0 Å². The van der Waals surface area contributed by atoms with Gasteiger partial charge in [0, 0.05) is 39.1 Å². The van der Waals surface area contributed by atoms with Gasteiger partial charge >= 0.3 is 0 Å². The van der Waals surface area contributed by atoms with Gasteiger partial charge in [0.2, 0.25) is 11.8 Å². The fourth-order valence-electron chi connectivity index (χ4n) is 4.46. The summed E-state index contributed by atoms with van der Waals surface area (Å²) in [5.74, 6) is 1.12. The van der Waals surface area contributed by atoms with Crippen molar-refractivity contribution in [2.24, 2.45) is 5.92 Å². The highest BCUT2D eigenvalue weighted by atomic mass is 16.2. The maximum atomic E-state index is 12.7. The van der Waals surface area contributed by atoms with Crippen LogP contribution in [0.2, 0.25) is 0 Å². The minimum atomic E-state index is 0.0372. The van der Waals surface area contributed by atoms with Crippen LogP contribution in [0.5, 0.6) is 0 Å². The molecule has 1 N–H and O–H groups in total. The molecule has 3 atom stereocenters. The molecule has 124 valence electrons. The molecule has 0 aromatic carbocycles. The van der Waals surface area contributed by atoms with Crippen molar-refractivity contribution >= 4 is 11.8 Å². The molecule has 2 amide bonds. The van der Waals surface area contributed by atoms with Crippen molar-refractivity contribution in [2.75, 3.05) is 20.1 Å². The maximum absolute atomic E-state index is 12.7. The zero-order valence-electron chi connectivity index (χ0n) is 13.9. The third kappa shape index (κ3) is 3.14. The van der Waals surface area contributed by atoms with Gasteiger partial charge in [-0.15, -0.1) is 0 Å². The van der Waals surface area contributed by atoms with Crippen LogP contribution in [0.1, 0.15) is 51.9 Å². The van der Waals surface area contributed by atoms with Crippen LogP contribution in [0.25, 0.3) is 0 Å². The number of carbonyl (C=O) groups excluding carboxylic acids is 2. The van der Waals surface area contributed by atoms with Crippen LogP contribution in [-0.2, 0) is 9.59 Å². The first-order valence-electron chi connectivity index (χ1n) is 8.84. The van der Waals surface area contributed by atoms with Crippen LogP contribution in [0.4, 0.5) is 0 Å². The van der Waals surface area contributed by atoms with E-state index in [9.17, 15) is 9.59 Å². The summed E-state index contributed by atoms with van der Waals surface area (Å²) in [6, 6.07) is 0.903. The van der Waals surface area contributed by atoms with Gasteiger partial charge < -0.3 is 15.1 Å². The minimum absolute atomic E-state index is 0.0372. The monoisotopic (exact) mass is 307 g/mol. The van der Waals surface area contributed by atoms with Gasteiger partial charge in [-0.3, -0.25) is 9.59 Å². The quantitative estimate of drug-likeness (QED) is 0.838. The molecule has 0 bridgehead atoms. The van der Waals surface area contributed by atoms with E-state index in [-0.39, 0.29) is 11.9 Å². The highest BCUT2D eigenvalue weighted by molar-refractivity contribution is 5.82. The number of nitrogens with one attached hydrogen (secondary N) is 1. The van der Waals surface area contributed by atoms with E-state index >= 15 is 0 Å². The van der Waals surface area contributed by atoms with Crippen LogP contribution in [0.3, 0.4) is 0 Å². The molecule has 3 rings (SSSR count). The number of amides is 2. The summed E-state index contributed by atoms with van der Waals surface area (Å²) in [6.45, 7) is 3.19. The van der Waals surface area contributed by atoms with Gasteiger partial charge in [0.25, 0.3) is 0 Å². The average molecular weight is 307 g/mol. The Bertz CT molecular complexity index is 418. The topological polar surface area (TPSA) is 52.7 Å². The second kappa shape index (κ2) is 6.57. The van der Waals surface area contributed by atoms with Gasteiger partial charge in [-0.1, -0.05) is 12.8 Å². The Morgan fingerprint density at radius 2 is 1.77 bits per heavy atom. The number of hydrogen-bond donors (Lipinski definition) is 1. The molecule has 1 aliphatic carbocycles. The molecular formula is C17H29N3O2. The summed E-state index contributed by atoms with van der Waals surface area (Å²) < 4.78 is 0. The summed E-state index contributed by atoms with van der Waals surface area (Å²) in [5.41, 5.74) is 0. The number of fused-ring (bicyclic) bond motifs is 1. The van der Waals surface area contributed by atoms with Crippen molar-refractivity contribution in [1.29, 1.82) is 0 Å². The molecule has 1 saturated carbocycles. The lowest BCUT2D eigenvalue weighted by atomic mass is 9.85. The van der Waals surface area contributed by atoms with Crippen LogP contribution in [-0.4, -0.2) is 59.9 Å². The summed E-state index contributed by atoms with van der Waals surface area (Å²) in [6.07, 6.45) is 7.98. The normalized spacial score (nSPS) is 32.6. The third-order valence-electron chi connectivity index (χ3n) is 5.98. The predicted molar refractivity (Wildman–Crippen MR) is 85.3 cm³/mol. The first-order chi connectivity index (χ1) is 10.6. The summed E-state index contributed by atoms with van der Waals surface area (Å²) in [7, 11) is 1.87. The fourth-order valence-corrected chi connectivity index (χ4v) is 4.46. The summed E-state index contributed by atoms with van der Waals surface area (Å²) in [5, 5.41) is 3.59. The molecule has 2 heterocycles. The van der Waals surface area contributed by atoms with Crippen molar-refractivity contribution in [3.05, 3.63) is 0 Å². The summed E-state index contributed by atoms with van der Waals surface area (Å²) in [4.78, 5) is 28.0. The number of likely N-dealkylation sites (tertiary alicyclic amines) is 1. The zero-order chi connectivity index (χ0) is 15.7. The van der Waals surface area contributed by atoms with Gasteiger partial charge in [-0.05, 0) is 38.0 Å². The molecule has 3 aliphatic rings. The lowest BCUT2D eigenvalue weighted by Crippen LogP contribution is -2.51. The van der Waals surface area contributed by atoms with Crippen LogP contribution in [0.15, 0.2) is 0 Å². The number of hydrogen-bond acceptors (Lipinski definition) is 3. The first kappa shape index (κ1) is 15.8. The van der Waals surface area contributed by atoms with E-state index in [1.165, 1.54) is 25.7 Å². The van der Waals surface area contributed by atoms with Crippen molar-refractivity contribution in [3.8, 4) is 0 Å². The maximum Gasteiger partial charge on any atom is 0.239 e. The molecule has 0 spiro atoms. The number of piperidine rings is 1. The Morgan fingerprint density at radius 3 is 2.41 bits per heavy atom. The molecule has 0 aromatic rings. The van der Waals surface area contributed by atoms with Gasteiger partial charge in [0.1, 0.15) is 0 Å². The molecule has 0 aromatic heterocycles. The Hall–Kier alpha value is -1.10. The smallest absolute Gasteiger partial charge is 0.239 e. The van der Waals surface area contributed by atoms with E-state index in [0.717, 1.165) is 32.4 Å². The Morgan fingerprint density at radius 1 is 1.09 bits per heavy atom. The van der Waals surface area contributed by atoms with Crippen molar-refractivity contribution < 1.29 is 9.59 Å². The van der Waals surface area contributed by atoms with Gasteiger partial charge in [-0.2, -0.15) is 0 Å². The number of nitrogens with zero attached hydrogens (tertiary/aromatic N) is 2. The number of carbonyl (C=O) groups is 2. The molecule has 2 saturated heterocycles. The molecule has 5 heteroatoms.